The van der Waals surface area contributed by atoms with Gasteiger partial charge in [0, 0.05) is 82.5 Å². The zero-order valence-electron chi connectivity index (χ0n) is 56.8. The third kappa shape index (κ3) is 9.06. The maximum atomic E-state index is 6.28. The molecule has 486 valence electrons. The van der Waals surface area contributed by atoms with Crippen LogP contribution in [0.5, 0.6) is 0 Å². The van der Waals surface area contributed by atoms with Crippen LogP contribution >= 0.6 is 0 Å². The van der Waals surface area contributed by atoms with Crippen molar-refractivity contribution in [2.24, 2.45) is 0 Å². The SMILES string of the molecule is c1ccc(-n2c3ccccc3c3cc(-c4ccc5c(c4)-c4cc(-n6c7ccccc7c7ccccc76)ccc4CCC5c4ccc(-c5ccc(-n6c7ccccc7c7cc(-c8ccc9c(c8)c8ccccc8n9-c8ccc(-c9ccc%10c(c9)oc9ccccc9%10)cc8)ccc76)cc5)cc4)ccc32)cc1. The van der Waals surface area contributed by atoms with Gasteiger partial charge in [-0.15, -0.1) is 0 Å². The maximum Gasteiger partial charge on any atom is 0.136 e. The Balaban J connectivity index is 0.584. The Morgan fingerprint density at radius 3 is 1.10 bits per heavy atom. The summed E-state index contributed by atoms with van der Waals surface area (Å²) in [5.41, 5.74) is 32.1. The number of nitrogens with zero attached hydrogens (tertiary/aromatic N) is 4. The van der Waals surface area contributed by atoms with E-state index in [-0.39, 0.29) is 5.92 Å². The fourth-order valence-electron chi connectivity index (χ4n) is 17.7. The van der Waals surface area contributed by atoms with Crippen molar-refractivity contribution in [2.75, 3.05) is 0 Å². The number of para-hydroxylation sites is 7. The summed E-state index contributed by atoms with van der Waals surface area (Å²) in [6, 6.07) is 133. The predicted octanol–water partition coefficient (Wildman–Crippen LogP) is 26.4. The molecule has 104 heavy (non-hydrogen) atoms. The lowest BCUT2D eigenvalue weighted by Gasteiger charge is -2.20. The van der Waals surface area contributed by atoms with E-state index < -0.39 is 0 Å². The number of rotatable bonds is 9. The summed E-state index contributed by atoms with van der Waals surface area (Å²) < 4.78 is 16.0. The van der Waals surface area contributed by atoms with Crippen LogP contribution in [0.4, 0.5) is 0 Å². The van der Waals surface area contributed by atoms with Crippen LogP contribution < -0.4 is 0 Å². The molecule has 0 N–H and O–H groups in total. The number of aryl methyl sites for hydroxylation is 1. The summed E-state index contributed by atoms with van der Waals surface area (Å²) in [6.07, 6.45) is 1.95. The number of hydrogen-bond donors (Lipinski definition) is 0. The van der Waals surface area contributed by atoms with Crippen molar-refractivity contribution in [2.45, 2.75) is 18.8 Å². The maximum absolute atomic E-state index is 6.28. The first kappa shape index (κ1) is 58.3. The number of furan rings is 1. The van der Waals surface area contributed by atoms with E-state index in [2.05, 4.69) is 364 Å². The quantitative estimate of drug-likeness (QED) is 0.142. The lowest BCUT2D eigenvalue weighted by atomic mass is 9.84. The van der Waals surface area contributed by atoms with Crippen LogP contribution in [0.15, 0.2) is 362 Å². The fraction of sp³-hybridized carbons (Fsp3) is 0.0303. The molecule has 21 aromatic rings. The molecule has 5 heterocycles. The van der Waals surface area contributed by atoms with E-state index in [1.807, 2.05) is 12.1 Å². The van der Waals surface area contributed by atoms with Crippen LogP contribution in [0.2, 0.25) is 0 Å². The lowest BCUT2D eigenvalue weighted by molar-refractivity contribution is 0.669. The van der Waals surface area contributed by atoms with E-state index >= 15 is 0 Å². The lowest BCUT2D eigenvalue weighted by Crippen LogP contribution is -2.02. The molecule has 1 aliphatic rings. The first-order valence-corrected chi connectivity index (χ1v) is 36.2. The zero-order valence-corrected chi connectivity index (χ0v) is 56.8. The normalized spacial score (nSPS) is 13.2. The monoisotopic (exact) mass is 1320 g/mol. The fourth-order valence-corrected chi connectivity index (χ4v) is 17.7. The van der Waals surface area contributed by atoms with Gasteiger partial charge < -0.3 is 22.7 Å². The van der Waals surface area contributed by atoms with Gasteiger partial charge in [-0.05, 0) is 225 Å². The van der Waals surface area contributed by atoms with Crippen molar-refractivity contribution >= 4 is 109 Å². The van der Waals surface area contributed by atoms with E-state index in [4.69, 9.17) is 4.42 Å². The average molecular weight is 1330 g/mol. The highest BCUT2D eigenvalue weighted by molar-refractivity contribution is 6.15. The molecular weight excluding hydrogens is 1260 g/mol. The highest BCUT2D eigenvalue weighted by Gasteiger charge is 2.27. The van der Waals surface area contributed by atoms with E-state index in [1.165, 1.54) is 154 Å². The Labute approximate surface area is 599 Å². The second-order valence-electron chi connectivity index (χ2n) is 28.2. The van der Waals surface area contributed by atoms with Crippen molar-refractivity contribution in [3.8, 4) is 78.4 Å². The van der Waals surface area contributed by atoms with Gasteiger partial charge in [0.25, 0.3) is 0 Å². The van der Waals surface area contributed by atoms with Crippen LogP contribution in [0.3, 0.4) is 0 Å². The first-order valence-electron chi connectivity index (χ1n) is 36.2. The van der Waals surface area contributed by atoms with Crippen LogP contribution in [0.1, 0.15) is 29.0 Å². The van der Waals surface area contributed by atoms with Gasteiger partial charge in [-0.2, -0.15) is 0 Å². The molecular formula is C99H64N4O. The molecule has 0 fully saturated rings. The number of fused-ring (bicyclic) bond motifs is 18. The van der Waals surface area contributed by atoms with Crippen LogP contribution in [-0.2, 0) is 6.42 Å². The van der Waals surface area contributed by atoms with Crippen molar-refractivity contribution in [1.82, 2.24) is 18.3 Å². The summed E-state index contributed by atoms with van der Waals surface area (Å²) in [5, 5.41) is 12.2. The third-order valence-electron chi connectivity index (χ3n) is 22.7. The van der Waals surface area contributed by atoms with E-state index in [1.54, 1.807) is 0 Å². The molecule has 1 atom stereocenters. The summed E-state index contributed by atoms with van der Waals surface area (Å²) in [4.78, 5) is 0. The van der Waals surface area contributed by atoms with Crippen LogP contribution in [0.25, 0.3) is 188 Å². The molecule has 0 radical (unpaired) electrons. The van der Waals surface area contributed by atoms with Crippen LogP contribution in [-0.4, -0.2) is 18.3 Å². The molecule has 22 rings (SSSR count). The molecule has 1 aliphatic carbocycles. The molecule has 0 saturated heterocycles. The highest BCUT2D eigenvalue weighted by Crippen LogP contribution is 2.47. The van der Waals surface area contributed by atoms with Crippen molar-refractivity contribution < 1.29 is 4.42 Å². The molecule has 1 unspecified atom stereocenters. The minimum Gasteiger partial charge on any atom is -0.456 e. The minimum absolute atomic E-state index is 0.180. The molecule has 0 saturated carbocycles. The topological polar surface area (TPSA) is 32.9 Å². The van der Waals surface area contributed by atoms with Crippen LogP contribution in [0, 0.1) is 0 Å². The molecule has 5 heteroatoms. The van der Waals surface area contributed by atoms with Gasteiger partial charge >= 0.3 is 0 Å². The Hall–Kier alpha value is -13.5. The number of hydrogen-bond acceptors (Lipinski definition) is 1. The summed E-state index contributed by atoms with van der Waals surface area (Å²) in [7, 11) is 0. The second kappa shape index (κ2) is 23.0. The molecule has 0 aliphatic heterocycles. The van der Waals surface area contributed by atoms with Gasteiger partial charge in [0.05, 0.1) is 44.1 Å². The summed E-state index contributed by atoms with van der Waals surface area (Å²) in [5.74, 6) is 0.180. The van der Waals surface area contributed by atoms with Crippen molar-refractivity contribution in [3.05, 3.63) is 375 Å². The van der Waals surface area contributed by atoms with Crippen molar-refractivity contribution in [1.29, 1.82) is 0 Å². The highest BCUT2D eigenvalue weighted by atomic mass is 16.3. The molecule has 0 spiro atoms. The predicted molar refractivity (Wildman–Crippen MR) is 435 cm³/mol. The Morgan fingerprint density at radius 1 is 0.221 bits per heavy atom. The van der Waals surface area contributed by atoms with Gasteiger partial charge in [-0.3, -0.25) is 0 Å². The summed E-state index contributed by atoms with van der Waals surface area (Å²) >= 11 is 0. The Morgan fingerprint density at radius 2 is 0.577 bits per heavy atom. The number of benzene rings is 16. The molecule has 0 bridgehead atoms. The van der Waals surface area contributed by atoms with Crippen molar-refractivity contribution in [3.63, 3.8) is 0 Å². The van der Waals surface area contributed by atoms with Gasteiger partial charge in [0.1, 0.15) is 11.2 Å². The van der Waals surface area contributed by atoms with Gasteiger partial charge in [-0.1, -0.05) is 218 Å². The minimum atomic E-state index is 0.180. The van der Waals surface area contributed by atoms with Gasteiger partial charge in [0.2, 0.25) is 0 Å². The molecule has 5 nitrogen and oxygen atoms in total. The Kier molecular flexibility index (Phi) is 12.9. The van der Waals surface area contributed by atoms with E-state index in [0.29, 0.717) is 0 Å². The second-order valence-corrected chi connectivity index (χ2v) is 28.2. The smallest absolute Gasteiger partial charge is 0.136 e. The Bertz CT molecular complexity index is 7020. The van der Waals surface area contributed by atoms with E-state index in [0.717, 1.165) is 63.0 Å². The average Bonchev–Trinajstić information content (AvgIpc) is 1.59. The van der Waals surface area contributed by atoms with Gasteiger partial charge in [0.15, 0.2) is 0 Å². The van der Waals surface area contributed by atoms with E-state index in [9.17, 15) is 0 Å². The zero-order chi connectivity index (χ0) is 68.1. The number of aromatic nitrogens is 4. The molecule has 5 aromatic heterocycles. The summed E-state index contributed by atoms with van der Waals surface area (Å²) in [6.45, 7) is 0. The molecule has 0 amide bonds. The third-order valence-corrected chi connectivity index (χ3v) is 22.7. The van der Waals surface area contributed by atoms with Gasteiger partial charge in [-0.25, -0.2) is 0 Å². The standard InChI is InChI=1S/C99H64N4O/c1-2-16-72(17-3-1)100-92-26-12-6-20-80(92)87-57-68(42-53-95(87)100)67-40-51-77-76(50-39-66-38-49-75(61-85(66)86(77)56-67)103-90-24-10-4-18-78(90)79-19-5-11-25-91(79)103)65-32-30-62(31-33-65)63-34-45-73(46-35-63)101-93-27-13-7-21-81(93)88-58-69(43-54-96(88)101)70-44-55-97-89(59-70)82-22-8-14-28-94(82)102(97)74-47-36-64(37-48-74)71-41-52-84-83-23-9-15-29-98(83)104-99(84)60-71/h1-38,40-49,51-61,76H,39,50H2. The molecule has 16 aromatic carbocycles. The first-order chi connectivity index (χ1) is 51.5. The largest absolute Gasteiger partial charge is 0.456 e.